The number of alkyl halides is 2. The third-order valence-corrected chi connectivity index (χ3v) is 1.77. The Bertz CT molecular complexity index is 287. The molecule has 0 saturated heterocycles. The fourth-order valence-electron chi connectivity index (χ4n) is 1.01. The highest BCUT2D eigenvalue weighted by molar-refractivity contribution is 5.18. The molecule has 0 aliphatic carbocycles. The highest BCUT2D eigenvalue weighted by Gasteiger charge is 2.26. The molecule has 1 heterocycles. The molecular formula is C9H12F2N2O. The minimum absolute atomic E-state index is 0.388. The second kappa shape index (κ2) is 4.32. The number of methoxy groups -OCH3 is 1. The first-order valence-electron chi connectivity index (χ1n) is 4.14. The minimum atomic E-state index is -2.86. The first kappa shape index (κ1) is 10.8. The lowest BCUT2D eigenvalue weighted by molar-refractivity contribution is 0.0114. The van der Waals surface area contributed by atoms with Gasteiger partial charge in [0, 0.05) is 18.7 Å². The van der Waals surface area contributed by atoms with Crippen LogP contribution in [0.2, 0.25) is 0 Å². The maximum absolute atomic E-state index is 12.8. The lowest BCUT2D eigenvalue weighted by Crippen LogP contribution is -2.30. The van der Waals surface area contributed by atoms with Crippen LogP contribution in [0.1, 0.15) is 5.56 Å². The van der Waals surface area contributed by atoms with E-state index in [2.05, 4.69) is 4.98 Å². The van der Waals surface area contributed by atoms with Gasteiger partial charge in [-0.25, -0.2) is 13.8 Å². The van der Waals surface area contributed by atoms with Crippen molar-refractivity contribution in [2.45, 2.75) is 12.3 Å². The van der Waals surface area contributed by atoms with Crippen LogP contribution >= 0.6 is 0 Å². The maximum Gasteiger partial charge on any atom is 0.264 e. The molecule has 78 valence electrons. The first-order valence-corrected chi connectivity index (χ1v) is 4.14. The van der Waals surface area contributed by atoms with Gasteiger partial charge in [-0.2, -0.15) is 0 Å². The molecule has 0 radical (unpaired) electrons. The monoisotopic (exact) mass is 202 g/mol. The molecule has 1 rings (SSSR count). The predicted octanol–water partition coefficient (Wildman–Crippen LogP) is 1.23. The predicted molar refractivity (Wildman–Crippen MR) is 48.5 cm³/mol. The smallest absolute Gasteiger partial charge is 0.264 e. The van der Waals surface area contributed by atoms with E-state index in [1.54, 1.807) is 12.1 Å². The maximum atomic E-state index is 12.8. The van der Waals surface area contributed by atoms with Crippen molar-refractivity contribution in [1.29, 1.82) is 0 Å². The Balaban J connectivity index is 2.69. The van der Waals surface area contributed by atoms with Crippen molar-refractivity contribution in [2.75, 3.05) is 13.7 Å². The molecule has 1 aromatic rings. The van der Waals surface area contributed by atoms with Gasteiger partial charge in [0.05, 0.1) is 13.7 Å². The molecule has 1 aromatic heterocycles. The number of pyridine rings is 1. The zero-order valence-electron chi connectivity index (χ0n) is 7.84. The molecule has 0 fully saturated rings. The van der Waals surface area contributed by atoms with E-state index in [-0.39, 0.29) is 6.42 Å². The number of halogens is 2. The Morgan fingerprint density at radius 2 is 2.21 bits per heavy atom. The Labute approximate surface area is 80.9 Å². The Morgan fingerprint density at radius 1 is 1.50 bits per heavy atom. The molecular weight excluding hydrogens is 190 g/mol. The van der Waals surface area contributed by atoms with Gasteiger partial charge >= 0.3 is 0 Å². The molecule has 0 atom stereocenters. The number of nitrogens with zero attached hydrogens (tertiary/aromatic N) is 1. The Morgan fingerprint density at radius 3 is 2.64 bits per heavy atom. The van der Waals surface area contributed by atoms with E-state index in [9.17, 15) is 8.78 Å². The van der Waals surface area contributed by atoms with Crippen molar-refractivity contribution in [3.05, 3.63) is 23.9 Å². The standard InChI is InChI=1S/C9H12F2N2O/c1-14-8-3-2-7(5-13-8)4-9(10,11)6-12/h2-3,5H,4,6,12H2,1H3. The molecule has 5 heteroatoms. The summed E-state index contributed by atoms with van der Waals surface area (Å²) >= 11 is 0. The summed E-state index contributed by atoms with van der Waals surface area (Å²) in [6.45, 7) is -0.654. The lowest BCUT2D eigenvalue weighted by atomic mass is 10.1. The summed E-state index contributed by atoms with van der Waals surface area (Å²) < 4.78 is 30.5. The number of aromatic nitrogens is 1. The van der Waals surface area contributed by atoms with Crippen LogP contribution in [0.5, 0.6) is 5.88 Å². The van der Waals surface area contributed by atoms with Crippen molar-refractivity contribution in [2.24, 2.45) is 5.73 Å². The molecule has 3 nitrogen and oxygen atoms in total. The van der Waals surface area contributed by atoms with Gasteiger partial charge in [-0.15, -0.1) is 0 Å². The summed E-state index contributed by atoms with van der Waals surface area (Å²) in [5, 5.41) is 0. The molecule has 14 heavy (non-hydrogen) atoms. The largest absolute Gasteiger partial charge is 0.481 e. The summed E-state index contributed by atoms with van der Waals surface area (Å²) in [5.74, 6) is -2.46. The molecule has 0 aromatic carbocycles. The third-order valence-electron chi connectivity index (χ3n) is 1.77. The lowest BCUT2D eigenvalue weighted by Gasteiger charge is -2.13. The SMILES string of the molecule is COc1ccc(CC(F)(F)CN)cn1. The van der Waals surface area contributed by atoms with E-state index >= 15 is 0 Å². The van der Waals surface area contributed by atoms with Crippen LogP contribution in [0.25, 0.3) is 0 Å². The zero-order valence-corrected chi connectivity index (χ0v) is 7.84. The van der Waals surface area contributed by atoms with Gasteiger partial charge in [-0.3, -0.25) is 0 Å². The quantitative estimate of drug-likeness (QED) is 0.798. The summed E-state index contributed by atoms with van der Waals surface area (Å²) in [5.41, 5.74) is 5.36. The third kappa shape index (κ3) is 2.92. The van der Waals surface area contributed by atoms with E-state index in [4.69, 9.17) is 10.5 Å². The molecule has 0 unspecified atom stereocenters. The number of hydrogen-bond donors (Lipinski definition) is 1. The molecule has 0 spiro atoms. The molecule has 0 amide bonds. The first-order chi connectivity index (χ1) is 6.57. The molecule has 2 N–H and O–H groups in total. The normalized spacial score (nSPS) is 11.4. The summed E-state index contributed by atoms with van der Waals surface area (Å²) in [6, 6.07) is 3.09. The Hall–Kier alpha value is -1.23. The van der Waals surface area contributed by atoms with Gasteiger partial charge in [0.2, 0.25) is 5.88 Å². The number of hydrogen-bond acceptors (Lipinski definition) is 3. The van der Waals surface area contributed by atoms with E-state index in [1.807, 2.05) is 0 Å². The number of rotatable bonds is 4. The van der Waals surface area contributed by atoms with Crippen LogP contribution in [0, 0.1) is 0 Å². The van der Waals surface area contributed by atoms with E-state index in [0.717, 1.165) is 0 Å². The Kier molecular flexibility index (Phi) is 3.35. The highest BCUT2D eigenvalue weighted by atomic mass is 19.3. The van der Waals surface area contributed by atoms with Crippen molar-refractivity contribution < 1.29 is 13.5 Å². The van der Waals surface area contributed by atoms with E-state index < -0.39 is 12.5 Å². The van der Waals surface area contributed by atoms with Crippen molar-refractivity contribution in [3.8, 4) is 5.88 Å². The van der Waals surface area contributed by atoms with Crippen LogP contribution in [0.3, 0.4) is 0 Å². The average Bonchev–Trinajstić information content (AvgIpc) is 2.19. The van der Waals surface area contributed by atoms with Crippen LogP contribution in [-0.2, 0) is 6.42 Å². The van der Waals surface area contributed by atoms with Gasteiger partial charge in [0.25, 0.3) is 5.92 Å². The molecule has 0 saturated carbocycles. The van der Waals surface area contributed by atoms with Gasteiger partial charge in [-0.1, -0.05) is 6.07 Å². The van der Waals surface area contributed by atoms with Gasteiger partial charge in [0.15, 0.2) is 0 Å². The van der Waals surface area contributed by atoms with Gasteiger partial charge in [-0.05, 0) is 5.56 Å². The average molecular weight is 202 g/mol. The topological polar surface area (TPSA) is 48.1 Å². The fourth-order valence-corrected chi connectivity index (χ4v) is 1.01. The second-order valence-electron chi connectivity index (χ2n) is 2.95. The second-order valence-corrected chi connectivity index (χ2v) is 2.95. The van der Waals surface area contributed by atoms with E-state index in [0.29, 0.717) is 11.4 Å². The minimum Gasteiger partial charge on any atom is -0.481 e. The summed E-state index contributed by atoms with van der Waals surface area (Å²) in [4.78, 5) is 3.82. The van der Waals surface area contributed by atoms with E-state index in [1.165, 1.54) is 13.3 Å². The van der Waals surface area contributed by atoms with Crippen molar-refractivity contribution in [3.63, 3.8) is 0 Å². The van der Waals surface area contributed by atoms with Crippen LogP contribution < -0.4 is 10.5 Å². The van der Waals surface area contributed by atoms with Crippen LogP contribution in [-0.4, -0.2) is 24.6 Å². The zero-order chi connectivity index (χ0) is 10.6. The number of ether oxygens (including phenoxy) is 1. The van der Waals surface area contributed by atoms with Crippen molar-refractivity contribution in [1.82, 2.24) is 4.98 Å². The fraction of sp³-hybridized carbons (Fsp3) is 0.444. The van der Waals surface area contributed by atoms with Gasteiger partial charge in [0.1, 0.15) is 0 Å². The number of nitrogens with two attached hydrogens (primary N) is 1. The molecule has 0 aliphatic rings. The molecule has 0 bridgehead atoms. The van der Waals surface area contributed by atoms with Crippen LogP contribution in [0.4, 0.5) is 8.78 Å². The summed E-state index contributed by atoms with van der Waals surface area (Å²) in [7, 11) is 1.47. The van der Waals surface area contributed by atoms with Crippen LogP contribution in [0.15, 0.2) is 18.3 Å². The summed E-state index contributed by atoms with van der Waals surface area (Å²) in [6.07, 6.45) is 0.975. The van der Waals surface area contributed by atoms with Crippen molar-refractivity contribution >= 4 is 0 Å². The highest BCUT2D eigenvalue weighted by Crippen LogP contribution is 2.18. The molecule has 0 aliphatic heterocycles. The van der Waals surface area contributed by atoms with Gasteiger partial charge < -0.3 is 10.5 Å².